The normalized spacial score (nSPS) is 15.3. The molecule has 1 aromatic carbocycles. The summed E-state index contributed by atoms with van der Waals surface area (Å²) in [6, 6.07) is 7.02. The zero-order valence-electron chi connectivity index (χ0n) is 19.7. The van der Waals surface area contributed by atoms with Crippen LogP contribution in [0.2, 0.25) is 0 Å². The van der Waals surface area contributed by atoms with Gasteiger partial charge < -0.3 is 23.5 Å². The van der Waals surface area contributed by atoms with E-state index in [1.807, 2.05) is 32.0 Å². The van der Waals surface area contributed by atoms with E-state index in [0.717, 1.165) is 18.8 Å². The van der Waals surface area contributed by atoms with E-state index in [0.29, 0.717) is 29.6 Å². The number of benzene rings is 1. The Balaban J connectivity index is 2.56. The van der Waals surface area contributed by atoms with Gasteiger partial charge in [0, 0.05) is 49.3 Å². The first-order valence-electron chi connectivity index (χ1n) is 10.8. The van der Waals surface area contributed by atoms with Crippen molar-refractivity contribution < 1.29 is 23.1 Å². The summed E-state index contributed by atoms with van der Waals surface area (Å²) in [5.74, 6) is 0. The Bertz CT molecular complexity index is 974. The van der Waals surface area contributed by atoms with Crippen LogP contribution in [0.1, 0.15) is 66.6 Å². The number of hydrogen-bond acceptors (Lipinski definition) is 6. The minimum Gasteiger partial charge on any atom is -0.423 e. The standard InChI is InChI=1S/C23H36NO6P/c1-8-24(9-2)17-10-11-18-19(15-22(25)29-21(18)14-17)20(12-13-28-16(3)4)30-31(26,27)23(5,6)7/h10-11,14-16,20H,8-9,12-13H2,1-7H3,(H,26,27). The molecule has 7 nitrogen and oxygen atoms in total. The fourth-order valence-corrected chi connectivity index (χ4v) is 4.11. The molecule has 0 fully saturated rings. The van der Waals surface area contributed by atoms with Crippen LogP contribution in [0, 0.1) is 0 Å². The van der Waals surface area contributed by atoms with Crippen LogP contribution >= 0.6 is 7.60 Å². The van der Waals surface area contributed by atoms with Crippen LogP contribution in [-0.4, -0.2) is 35.8 Å². The SMILES string of the molecule is CCN(CC)c1ccc2c(C(CCOC(C)C)OP(=O)(O)C(C)(C)C)cc(=O)oc2c1. The van der Waals surface area contributed by atoms with Gasteiger partial charge in [-0.25, -0.2) is 4.79 Å². The summed E-state index contributed by atoms with van der Waals surface area (Å²) in [5, 5.41) is -0.283. The number of nitrogens with zero attached hydrogens (tertiary/aromatic N) is 1. The van der Waals surface area contributed by atoms with Crippen molar-refractivity contribution in [3.05, 3.63) is 40.2 Å². The van der Waals surface area contributed by atoms with Crippen molar-refractivity contribution in [3.63, 3.8) is 0 Å². The zero-order chi connectivity index (χ0) is 23.4. The average molecular weight is 454 g/mol. The highest BCUT2D eigenvalue weighted by atomic mass is 31.2. The van der Waals surface area contributed by atoms with Gasteiger partial charge in [-0.2, -0.15) is 0 Å². The predicted octanol–water partition coefficient (Wildman–Crippen LogP) is 5.50. The minimum absolute atomic E-state index is 0.0124. The van der Waals surface area contributed by atoms with E-state index in [1.54, 1.807) is 20.8 Å². The molecule has 0 bridgehead atoms. The molecule has 0 saturated carbocycles. The Hall–Kier alpha value is -1.66. The van der Waals surface area contributed by atoms with Gasteiger partial charge in [0.1, 0.15) is 5.58 Å². The van der Waals surface area contributed by atoms with Gasteiger partial charge in [-0.05, 0) is 66.2 Å². The van der Waals surface area contributed by atoms with Crippen molar-refractivity contribution in [1.82, 2.24) is 0 Å². The van der Waals surface area contributed by atoms with Gasteiger partial charge in [0.2, 0.25) is 0 Å². The smallest absolute Gasteiger partial charge is 0.336 e. The van der Waals surface area contributed by atoms with E-state index in [9.17, 15) is 14.3 Å². The van der Waals surface area contributed by atoms with Crippen molar-refractivity contribution in [2.45, 2.75) is 72.3 Å². The average Bonchev–Trinajstić information content (AvgIpc) is 2.66. The number of anilines is 1. The van der Waals surface area contributed by atoms with Crippen molar-refractivity contribution in [3.8, 4) is 0 Å². The number of fused-ring (bicyclic) bond motifs is 1. The van der Waals surface area contributed by atoms with E-state index < -0.39 is 24.5 Å². The maximum atomic E-state index is 12.9. The molecule has 0 spiro atoms. The third-order valence-corrected chi connectivity index (χ3v) is 7.42. The molecule has 2 unspecified atom stereocenters. The summed E-state index contributed by atoms with van der Waals surface area (Å²) in [7, 11) is -3.99. The fraction of sp³-hybridized carbons (Fsp3) is 0.609. The van der Waals surface area contributed by atoms with Gasteiger partial charge in [0.15, 0.2) is 0 Å². The Morgan fingerprint density at radius 1 is 1.16 bits per heavy atom. The molecule has 2 aromatic rings. The minimum atomic E-state index is -3.99. The highest BCUT2D eigenvalue weighted by Gasteiger charge is 2.39. The lowest BCUT2D eigenvalue weighted by Crippen LogP contribution is -2.22. The van der Waals surface area contributed by atoms with E-state index in [1.165, 1.54) is 6.07 Å². The molecule has 2 rings (SSSR count). The van der Waals surface area contributed by atoms with Gasteiger partial charge in [-0.1, -0.05) is 0 Å². The second-order valence-electron chi connectivity index (χ2n) is 8.87. The first kappa shape index (κ1) is 25.6. The molecule has 0 amide bonds. The molecular weight excluding hydrogens is 417 g/mol. The Kier molecular flexibility index (Phi) is 8.51. The van der Waals surface area contributed by atoms with Crippen LogP contribution in [-0.2, 0) is 13.8 Å². The largest absolute Gasteiger partial charge is 0.423 e. The lowest BCUT2D eigenvalue weighted by atomic mass is 10.0. The zero-order valence-corrected chi connectivity index (χ0v) is 20.6. The molecule has 1 heterocycles. The summed E-state index contributed by atoms with van der Waals surface area (Å²) in [6.45, 7) is 14.9. The Morgan fingerprint density at radius 2 is 1.81 bits per heavy atom. The van der Waals surface area contributed by atoms with E-state index in [4.69, 9.17) is 13.7 Å². The quantitative estimate of drug-likeness (QED) is 0.375. The van der Waals surface area contributed by atoms with Gasteiger partial charge in [-0.15, -0.1) is 0 Å². The number of rotatable bonds is 10. The highest BCUT2D eigenvalue weighted by molar-refractivity contribution is 7.54. The van der Waals surface area contributed by atoms with Crippen LogP contribution in [0.5, 0.6) is 0 Å². The molecule has 8 heteroatoms. The first-order valence-corrected chi connectivity index (χ1v) is 12.4. The molecule has 174 valence electrons. The second kappa shape index (κ2) is 10.3. The maximum Gasteiger partial charge on any atom is 0.336 e. The van der Waals surface area contributed by atoms with Crippen LogP contribution in [0.15, 0.2) is 33.5 Å². The molecule has 31 heavy (non-hydrogen) atoms. The van der Waals surface area contributed by atoms with Crippen molar-refractivity contribution in [1.29, 1.82) is 0 Å². The topological polar surface area (TPSA) is 89.2 Å². The van der Waals surface area contributed by atoms with Crippen LogP contribution < -0.4 is 10.5 Å². The van der Waals surface area contributed by atoms with Crippen LogP contribution in [0.4, 0.5) is 5.69 Å². The molecule has 0 saturated heterocycles. The Morgan fingerprint density at radius 3 is 2.35 bits per heavy atom. The van der Waals surface area contributed by atoms with Crippen LogP contribution in [0.3, 0.4) is 0 Å². The predicted molar refractivity (Wildman–Crippen MR) is 125 cm³/mol. The third-order valence-electron chi connectivity index (χ3n) is 5.18. The van der Waals surface area contributed by atoms with E-state index >= 15 is 0 Å². The summed E-state index contributed by atoms with van der Waals surface area (Å²) >= 11 is 0. The number of hydrogen-bond donors (Lipinski definition) is 1. The third kappa shape index (κ3) is 6.42. The van der Waals surface area contributed by atoms with E-state index in [2.05, 4.69) is 18.7 Å². The number of ether oxygens (including phenoxy) is 1. The fourth-order valence-electron chi connectivity index (χ4n) is 3.23. The molecule has 2 atom stereocenters. The highest BCUT2D eigenvalue weighted by Crippen LogP contribution is 2.58. The summed E-state index contributed by atoms with van der Waals surface area (Å²) in [6.07, 6.45) is -0.451. The molecular formula is C23H36NO6P. The van der Waals surface area contributed by atoms with Gasteiger partial charge in [-0.3, -0.25) is 4.57 Å². The van der Waals surface area contributed by atoms with Crippen molar-refractivity contribution in [2.24, 2.45) is 0 Å². The van der Waals surface area contributed by atoms with Crippen molar-refractivity contribution >= 4 is 24.3 Å². The van der Waals surface area contributed by atoms with Gasteiger partial charge in [0.25, 0.3) is 0 Å². The maximum absolute atomic E-state index is 12.9. The van der Waals surface area contributed by atoms with E-state index in [-0.39, 0.29) is 6.10 Å². The summed E-state index contributed by atoms with van der Waals surface area (Å²) in [5.41, 5.74) is 1.37. The Labute approximate surface area is 184 Å². The monoisotopic (exact) mass is 453 g/mol. The van der Waals surface area contributed by atoms with Crippen molar-refractivity contribution in [2.75, 3.05) is 24.6 Å². The lowest BCUT2D eigenvalue weighted by Gasteiger charge is -2.30. The van der Waals surface area contributed by atoms with Gasteiger partial charge in [0.05, 0.1) is 17.4 Å². The first-order chi connectivity index (χ1) is 14.4. The molecule has 0 aliphatic carbocycles. The lowest BCUT2D eigenvalue weighted by molar-refractivity contribution is 0.0490. The second-order valence-corrected chi connectivity index (χ2v) is 11.5. The summed E-state index contributed by atoms with van der Waals surface area (Å²) in [4.78, 5) is 25.1. The molecule has 0 aliphatic rings. The molecule has 1 N–H and O–H groups in total. The molecule has 1 aromatic heterocycles. The molecule has 0 aliphatic heterocycles. The van der Waals surface area contributed by atoms with Crippen LogP contribution in [0.25, 0.3) is 11.0 Å². The molecule has 0 radical (unpaired) electrons. The van der Waals surface area contributed by atoms with Gasteiger partial charge >= 0.3 is 13.2 Å². The summed E-state index contributed by atoms with van der Waals surface area (Å²) < 4.78 is 29.9.